The highest BCUT2D eigenvalue weighted by Gasteiger charge is 2.22. The minimum Gasteiger partial charge on any atom is -0.354 e. The molecule has 0 radical (unpaired) electrons. The van der Waals surface area contributed by atoms with E-state index in [1.54, 1.807) is 0 Å². The van der Waals surface area contributed by atoms with Gasteiger partial charge < -0.3 is 9.80 Å². The van der Waals surface area contributed by atoms with Crippen LogP contribution in [0, 0.1) is 20.8 Å². The Morgan fingerprint density at radius 1 is 0.893 bits per heavy atom. The van der Waals surface area contributed by atoms with Crippen LogP contribution in [0.3, 0.4) is 0 Å². The van der Waals surface area contributed by atoms with Crippen LogP contribution in [0.15, 0.2) is 42.5 Å². The molecule has 1 aliphatic rings. The van der Waals surface area contributed by atoms with E-state index in [-0.39, 0.29) is 5.91 Å². The monoisotopic (exact) mass is 374 g/mol. The standard InChI is InChI=1S/C23H26N4O/c1-16-17(2)24-18(3)25-22(16)26-11-6-12-27(14-13-26)23(28)21-10-9-19-7-4-5-8-20(19)15-21/h4-5,7-10,15H,6,11-14H2,1-3H3. The van der Waals surface area contributed by atoms with Crippen LogP contribution in [-0.2, 0) is 0 Å². The third-order valence-corrected chi connectivity index (χ3v) is 5.55. The lowest BCUT2D eigenvalue weighted by Gasteiger charge is -2.25. The zero-order valence-corrected chi connectivity index (χ0v) is 16.8. The van der Waals surface area contributed by atoms with Gasteiger partial charge in [-0.15, -0.1) is 0 Å². The maximum Gasteiger partial charge on any atom is 0.253 e. The number of carbonyl (C=O) groups is 1. The Bertz CT molecular complexity index is 1030. The maximum absolute atomic E-state index is 13.1. The molecule has 1 aliphatic heterocycles. The molecule has 1 aromatic heterocycles. The average Bonchev–Trinajstić information content (AvgIpc) is 2.96. The first-order valence-electron chi connectivity index (χ1n) is 9.88. The minimum atomic E-state index is 0.111. The number of hydrogen-bond donors (Lipinski definition) is 0. The fourth-order valence-electron chi connectivity index (χ4n) is 3.90. The van der Waals surface area contributed by atoms with Gasteiger partial charge >= 0.3 is 0 Å². The number of hydrogen-bond acceptors (Lipinski definition) is 4. The predicted octanol–water partition coefficient (Wildman–Crippen LogP) is 3.91. The second-order valence-corrected chi connectivity index (χ2v) is 7.50. The zero-order valence-electron chi connectivity index (χ0n) is 16.8. The van der Waals surface area contributed by atoms with Crippen LogP contribution in [0.25, 0.3) is 10.8 Å². The Morgan fingerprint density at radius 3 is 2.50 bits per heavy atom. The Labute approximate surface area is 166 Å². The molecular weight excluding hydrogens is 348 g/mol. The lowest BCUT2D eigenvalue weighted by Crippen LogP contribution is -2.35. The van der Waals surface area contributed by atoms with Gasteiger partial charge in [0.2, 0.25) is 0 Å². The van der Waals surface area contributed by atoms with Crippen molar-refractivity contribution in [3.63, 3.8) is 0 Å². The van der Waals surface area contributed by atoms with Gasteiger partial charge in [0.05, 0.1) is 0 Å². The fourth-order valence-corrected chi connectivity index (χ4v) is 3.90. The van der Waals surface area contributed by atoms with Crippen LogP contribution in [0.4, 0.5) is 5.82 Å². The highest BCUT2D eigenvalue weighted by Crippen LogP contribution is 2.22. The van der Waals surface area contributed by atoms with Crippen LogP contribution in [-0.4, -0.2) is 47.0 Å². The van der Waals surface area contributed by atoms with Gasteiger partial charge in [0.1, 0.15) is 11.6 Å². The highest BCUT2D eigenvalue weighted by atomic mass is 16.2. The lowest BCUT2D eigenvalue weighted by atomic mass is 10.1. The molecule has 28 heavy (non-hydrogen) atoms. The molecule has 0 atom stereocenters. The molecule has 2 aromatic carbocycles. The Kier molecular flexibility index (Phi) is 4.99. The summed E-state index contributed by atoms with van der Waals surface area (Å²) in [5.74, 6) is 1.91. The molecule has 144 valence electrons. The molecule has 0 N–H and O–H groups in total. The van der Waals surface area contributed by atoms with Crippen molar-refractivity contribution in [1.29, 1.82) is 0 Å². The Hall–Kier alpha value is -2.95. The number of anilines is 1. The van der Waals surface area contributed by atoms with Crippen molar-refractivity contribution < 1.29 is 4.79 Å². The van der Waals surface area contributed by atoms with Crippen molar-refractivity contribution in [3.8, 4) is 0 Å². The Balaban J connectivity index is 1.52. The summed E-state index contributed by atoms with van der Waals surface area (Å²) in [6.07, 6.45) is 0.931. The second kappa shape index (κ2) is 7.58. The molecular formula is C23H26N4O. The molecule has 4 rings (SSSR count). The van der Waals surface area contributed by atoms with E-state index >= 15 is 0 Å². The fraction of sp³-hybridized carbons (Fsp3) is 0.348. The van der Waals surface area contributed by atoms with E-state index in [1.807, 2.05) is 49.1 Å². The molecule has 0 spiro atoms. The molecule has 3 aromatic rings. The van der Waals surface area contributed by atoms with Gasteiger partial charge in [-0.05, 0) is 50.1 Å². The van der Waals surface area contributed by atoms with Gasteiger partial charge in [0.25, 0.3) is 5.91 Å². The summed E-state index contributed by atoms with van der Waals surface area (Å²) in [4.78, 5) is 26.5. The van der Waals surface area contributed by atoms with E-state index in [4.69, 9.17) is 0 Å². The molecule has 1 saturated heterocycles. The summed E-state index contributed by atoms with van der Waals surface area (Å²) in [5, 5.41) is 2.26. The van der Waals surface area contributed by atoms with Crippen molar-refractivity contribution in [2.24, 2.45) is 0 Å². The van der Waals surface area contributed by atoms with Crippen molar-refractivity contribution in [2.75, 3.05) is 31.1 Å². The molecule has 5 heteroatoms. The minimum absolute atomic E-state index is 0.111. The molecule has 5 nitrogen and oxygen atoms in total. The van der Waals surface area contributed by atoms with Gasteiger partial charge in [-0.1, -0.05) is 30.3 Å². The van der Waals surface area contributed by atoms with Crippen molar-refractivity contribution in [1.82, 2.24) is 14.9 Å². The molecule has 1 amide bonds. The van der Waals surface area contributed by atoms with Crippen LogP contribution in [0.2, 0.25) is 0 Å². The number of rotatable bonds is 2. The van der Waals surface area contributed by atoms with Crippen molar-refractivity contribution in [3.05, 3.63) is 65.1 Å². The first-order valence-corrected chi connectivity index (χ1v) is 9.88. The molecule has 1 fully saturated rings. The van der Waals surface area contributed by atoms with Crippen molar-refractivity contribution in [2.45, 2.75) is 27.2 Å². The second-order valence-electron chi connectivity index (χ2n) is 7.50. The van der Waals surface area contributed by atoms with E-state index in [0.29, 0.717) is 6.54 Å². The normalized spacial score (nSPS) is 15.0. The first kappa shape index (κ1) is 18.4. The quantitative estimate of drug-likeness (QED) is 0.682. The van der Waals surface area contributed by atoms with Crippen LogP contribution >= 0.6 is 0 Å². The maximum atomic E-state index is 13.1. The average molecular weight is 374 g/mol. The number of carbonyl (C=O) groups excluding carboxylic acids is 1. The third-order valence-electron chi connectivity index (χ3n) is 5.55. The topological polar surface area (TPSA) is 49.3 Å². The summed E-state index contributed by atoms with van der Waals surface area (Å²) in [5.41, 5.74) is 2.91. The molecule has 2 heterocycles. The van der Waals surface area contributed by atoms with Crippen LogP contribution < -0.4 is 4.90 Å². The molecule has 0 saturated carbocycles. The summed E-state index contributed by atoms with van der Waals surface area (Å²) < 4.78 is 0. The summed E-state index contributed by atoms with van der Waals surface area (Å²) in [6, 6.07) is 14.1. The first-order chi connectivity index (χ1) is 13.5. The largest absolute Gasteiger partial charge is 0.354 e. The number of nitrogens with zero attached hydrogens (tertiary/aromatic N) is 4. The lowest BCUT2D eigenvalue weighted by molar-refractivity contribution is 0.0767. The zero-order chi connectivity index (χ0) is 19.7. The SMILES string of the molecule is Cc1nc(C)c(C)c(N2CCCN(C(=O)c3ccc4ccccc4c3)CC2)n1. The van der Waals surface area contributed by atoms with E-state index in [9.17, 15) is 4.79 Å². The molecule has 0 aliphatic carbocycles. The highest BCUT2D eigenvalue weighted by molar-refractivity contribution is 5.98. The number of benzene rings is 2. The number of amides is 1. The van der Waals surface area contributed by atoms with Gasteiger partial charge in [-0.3, -0.25) is 4.79 Å². The van der Waals surface area contributed by atoms with Gasteiger partial charge in [0.15, 0.2) is 0 Å². The molecule has 0 unspecified atom stereocenters. The van der Waals surface area contributed by atoms with Gasteiger partial charge in [-0.25, -0.2) is 9.97 Å². The Morgan fingerprint density at radius 2 is 1.68 bits per heavy atom. The van der Waals surface area contributed by atoms with E-state index in [1.165, 1.54) is 0 Å². The number of aromatic nitrogens is 2. The van der Waals surface area contributed by atoms with Crippen molar-refractivity contribution >= 4 is 22.5 Å². The van der Waals surface area contributed by atoms with Crippen LogP contribution in [0.1, 0.15) is 33.9 Å². The van der Waals surface area contributed by atoms with E-state index in [2.05, 4.69) is 33.9 Å². The van der Waals surface area contributed by atoms with Gasteiger partial charge in [0, 0.05) is 43.0 Å². The van der Waals surface area contributed by atoms with E-state index in [0.717, 1.165) is 65.3 Å². The van der Waals surface area contributed by atoms with Crippen LogP contribution in [0.5, 0.6) is 0 Å². The van der Waals surface area contributed by atoms with Gasteiger partial charge in [-0.2, -0.15) is 0 Å². The smallest absolute Gasteiger partial charge is 0.253 e. The van der Waals surface area contributed by atoms with E-state index < -0.39 is 0 Å². The predicted molar refractivity (Wildman–Crippen MR) is 113 cm³/mol. The summed E-state index contributed by atoms with van der Waals surface area (Å²) >= 11 is 0. The number of aryl methyl sites for hydroxylation is 2. The number of fused-ring (bicyclic) bond motifs is 1. The summed E-state index contributed by atoms with van der Waals surface area (Å²) in [6.45, 7) is 9.20. The third kappa shape index (κ3) is 3.57. The summed E-state index contributed by atoms with van der Waals surface area (Å²) in [7, 11) is 0. The molecule has 0 bridgehead atoms.